The maximum Gasteiger partial charge on any atom is 0.271 e. The lowest BCUT2D eigenvalue weighted by Gasteiger charge is -2.28. The molecule has 29 heavy (non-hydrogen) atoms. The van der Waals surface area contributed by atoms with Crippen LogP contribution in [0, 0.1) is 5.92 Å². The number of rotatable bonds is 4. The van der Waals surface area contributed by atoms with Crippen LogP contribution in [0.2, 0.25) is 0 Å². The number of ketones is 1. The van der Waals surface area contributed by atoms with Crippen molar-refractivity contribution in [2.45, 2.75) is 13.0 Å². The van der Waals surface area contributed by atoms with Crippen molar-refractivity contribution in [1.82, 2.24) is 5.32 Å². The molecule has 0 aromatic heterocycles. The number of aliphatic hydroxyl groups excluding tert-OH is 1. The third-order valence-corrected chi connectivity index (χ3v) is 5.14. The summed E-state index contributed by atoms with van der Waals surface area (Å²) in [5, 5.41) is 13.8. The fourth-order valence-electron chi connectivity index (χ4n) is 3.73. The molecule has 1 aromatic rings. The highest BCUT2D eigenvalue weighted by Crippen LogP contribution is 2.35. The standard InChI is InChI=1S/C23H20N2O4/c1-13(26)19(22(27)15-9-11-16(29-2)12-10-15)21-23(28)25-18-8-4-6-14-5-3-7-17(24-21)20(14)18/h3-12,18,20,27H,1-2H3,(H,25,28)/b22-19-. The van der Waals surface area contributed by atoms with Crippen molar-refractivity contribution >= 4 is 23.2 Å². The molecule has 0 saturated carbocycles. The van der Waals surface area contributed by atoms with Gasteiger partial charge in [-0.3, -0.25) is 9.59 Å². The van der Waals surface area contributed by atoms with Crippen molar-refractivity contribution in [3.05, 3.63) is 83.1 Å². The quantitative estimate of drug-likeness (QED) is 0.613. The van der Waals surface area contributed by atoms with Crippen LogP contribution in [0.1, 0.15) is 12.5 Å². The summed E-state index contributed by atoms with van der Waals surface area (Å²) in [5.41, 5.74) is 1.90. The summed E-state index contributed by atoms with van der Waals surface area (Å²) in [7, 11) is 1.54. The zero-order chi connectivity index (χ0) is 20.5. The Balaban J connectivity index is 1.84. The van der Waals surface area contributed by atoms with Gasteiger partial charge < -0.3 is 15.2 Å². The summed E-state index contributed by atoms with van der Waals surface area (Å²) < 4.78 is 5.13. The van der Waals surface area contributed by atoms with Crippen LogP contribution in [-0.4, -0.2) is 35.7 Å². The minimum atomic E-state index is -0.499. The molecule has 146 valence electrons. The van der Waals surface area contributed by atoms with E-state index < -0.39 is 11.7 Å². The molecule has 2 aliphatic carbocycles. The van der Waals surface area contributed by atoms with E-state index in [0.29, 0.717) is 17.0 Å². The molecule has 3 aliphatic rings. The van der Waals surface area contributed by atoms with Gasteiger partial charge >= 0.3 is 0 Å². The van der Waals surface area contributed by atoms with Gasteiger partial charge in [0.15, 0.2) is 5.78 Å². The average Bonchev–Trinajstić information content (AvgIpc) is 2.86. The maximum atomic E-state index is 13.0. The molecular weight excluding hydrogens is 368 g/mol. The number of nitrogens with zero attached hydrogens (tertiary/aromatic N) is 1. The third-order valence-electron chi connectivity index (χ3n) is 5.14. The van der Waals surface area contributed by atoms with Crippen molar-refractivity contribution in [3.63, 3.8) is 0 Å². The van der Waals surface area contributed by atoms with Gasteiger partial charge in [-0.1, -0.05) is 30.4 Å². The van der Waals surface area contributed by atoms with Gasteiger partial charge in [0.25, 0.3) is 5.91 Å². The lowest BCUT2D eigenvalue weighted by atomic mass is 9.82. The Bertz CT molecular complexity index is 1070. The van der Waals surface area contributed by atoms with Crippen LogP contribution in [-0.2, 0) is 9.59 Å². The smallest absolute Gasteiger partial charge is 0.271 e. The first kappa shape index (κ1) is 18.7. The highest BCUT2D eigenvalue weighted by molar-refractivity contribution is 6.53. The van der Waals surface area contributed by atoms with E-state index in [1.165, 1.54) is 6.92 Å². The molecule has 1 amide bonds. The molecule has 4 rings (SSSR count). The molecule has 0 fully saturated rings. The number of hydrogen-bond donors (Lipinski definition) is 2. The van der Waals surface area contributed by atoms with Crippen LogP contribution >= 0.6 is 0 Å². The monoisotopic (exact) mass is 388 g/mol. The molecule has 2 unspecified atom stereocenters. The Kier molecular flexibility index (Phi) is 4.76. The molecule has 1 heterocycles. The van der Waals surface area contributed by atoms with E-state index in [9.17, 15) is 14.7 Å². The third kappa shape index (κ3) is 3.33. The fourth-order valence-corrected chi connectivity index (χ4v) is 3.73. The summed E-state index contributed by atoms with van der Waals surface area (Å²) >= 11 is 0. The molecule has 2 atom stereocenters. The number of nitrogens with one attached hydrogen (secondary N) is 1. The number of amides is 1. The van der Waals surface area contributed by atoms with Gasteiger partial charge in [0, 0.05) is 5.56 Å². The van der Waals surface area contributed by atoms with Gasteiger partial charge in [-0.2, -0.15) is 0 Å². The van der Waals surface area contributed by atoms with Gasteiger partial charge in [0.05, 0.1) is 30.3 Å². The Morgan fingerprint density at radius 1 is 1.17 bits per heavy atom. The Morgan fingerprint density at radius 3 is 2.62 bits per heavy atom. The van der Waals surface area contributed by atoms with Gasteiger partial charge in [-0.25, -0.2) is 4.99 Å². The molecule has 1 aromatic carbocycles. The number of carbonyl (C=O) groups excluding carboxylic acids is 2. The first-order valence-electron chi connectivity index (χ1n) is 9.24. The molecular formula is C23H20N2O4. The first-order chi connectivity index (χ1) is 14.0. The van der Waals surface area contributed by atoms with Crippen LogP contribution < -0.4 is 10.1 Å². The molecule has 0 saturated heterocycles. The van der Waals surface area contributed by atoms with E-state index in [2.05, 4.69) is 10.3 Å². The number of methoxy groups -OCH3 is 1. The van der Waals surface area contributed by atoms with Gasteiger partial charge in [-0.05, 0) is 42.8 Å². The van der Waals surface area contributed by atoms with Crippen molar-refractivity contribution < 1.29 is 19.4 Å². The maximum absolute atomic E-state index is 13.0. The number of Topliss-reactive ketones (excluding diaryl/α,β-unsaturated/α-hetero) is 1. The minimum Gasteiger partial charge on any atom is -0.506 e. The van der Waals surface area contributed by atoms with E-state index in [1.807, 2.05) is 36.5 Å². The SMILES string of the molecule is COc1ccc(/C(O)=C(\C(C)=O)C2=NC3=CC=CC4=CC=CC(NC2=O)C43)cc1. The summed E-state index contributed by atoms with van der Waals surface area (Å²) in [6.45, 7) is 1.31. The predicted octanol–water partition coefficient (Wildman–Crippen LogP) is 3.06. The van der Waals surface area contributed by atoms with Crippen molar-refractivity contribution in [2.75, 3.05) is 7.11 Å². The van der Waals surface area contributed by atoms with Gasteiger partial charge in [0.2, 0.25) is 0 Å². The van der Waals surface area contributed by atoms with Crippen LogP contribution in [0.5, 0.6) is 5.75 Å². The van der Waals surface area contributed by atoms with Gasteiger partial charge in [-0.15, -0.1) is 0 Å². The largest absolute Gasteiger partial charge is 0.506 e. The number of aliphatic imine (C=N–C) groups is 1. The number of ether oxygens (including phenoxy) is 1. The Labute approximate surface area is 168 Å². The van der Waals surface area contributed by atoms with Crippen LogP contribution in [0.15, 0.2) is 82.6 Å². The topological polar surface area (TPSA) is 88.0 Å². The highest BCUT2D eigenvalue weighted by atomic mass is 16.5. The van der Waals surface area contributed by atoms with Crippen LogP contribution in [0.3, 0.4) is 0 Å². The zero-order valence-electron chi connectivity index (χ0n) is 16.0. The van der Waals surface area contributed by atoms with E-state index in [0.717, 1.165) is 5.57 Å². The Hall–Kier alpha value is -3.67. The molecule has 0 bridgehead atoms. The molecule has 1 aliphatic heterocycles. The molecule has 2 N–H and O–H groups in total. The van der Waals surface area contributed by atoms with Crippen LogP contribution in [0.4, 0.5) is 0 Å². The number of hydrogen-bond acceptors (Lipinski definition) is 5. The summed E-state index contributed by atoms with van der Waals surface area (Å²) in [6, 6.07) is 6.32. The normalized spacial score (nSPS) is 23.0. The lowest BCUT2D eigenvalue weighted by molar-refractivity contribution is -0.116. The first-order valence-corrected chi connectivity index (χ1v) is 9.24. The van der Waals surface area contributed by atoms with Crippen molar-refractivity contribution in [3.8, 4) is 5.75 Å². The van der Waals surface area contributed by atoms with Crippen molar-refractivity contribution in [1.29, 1.82) is 0 Å². The predicted molar refractivity (Wildman–Crippen MR) is 111 cm³/mol. The fraction of sp³-hybridized carbons (Fsp3) is 0.174. The number of benzene rings is 1. The summed E-state index contributed by atoms with van der Waals surface area (Å²) in [6.07, 6.45) is 11.5. The Morgan fingerprint density at radius 2 is 1.93 bits per heavy atom. The second-order valence-electron chi connectivity index (χ2n) is 6.95. The molecule has 6 nitrogen and oxygen atoms in total. The second kappa shape index (κ2) is 7.39. The van der Waals surface area contributed by atoms with E-state index in [1.54, 1.807) is 31.4 Å². The number of aliphatic hydroxyl groups is 1. The van der Waals surface area contributed by atoms with E-state index in [-0.39, 0.29) is 29.0 Å². The highest BCUT2D eigenvalue weighted by Gasteiger charge is 2.36. The summed E-state index contributed by atoms with van der Waals surface area (Å²) in [5.74, 6) is -0.749. The zero-order valence-corrected chi connectivity index (χ0v) is 16.0. The lowest BCUT2D eigenvalue weighted by Crippen LogP contribution is -2.42. The molecule has 0 radical (unpaired) electrons. The summed E-state index contributed by atoms with van der Waals surface area (Å²) in [4.78, 5) is 30.0. The van der Waals surface area contributed by atoms with Crippen molar-refractivity contribution in [2.24, 2.45) is 10.9 Å². The minimum absolute atomic E-state index is 0.0884. The van der Waals surface area contributed by atoms with E-state index >= 15 is 0 Å². The second-order valence-corrected chi connectivity index (χ2v) is 6.95. The number of allylic oxidation sites excluding steroid dienone is 5. The van der Waals surface area contributed by atoms with Crippen LogP contribution in [0.25, 0.3) is 5.76 Å². The molecule has 6 heteroatoms. The van der Waals surface area contributed by atoms with Gasteiger partial charge in [0.1, 0.15) is 17.2 Å². The van der Waals surface area contributed by atoms with E-state index in [4.69, 9.17) is 4.74 Å². The number of carbonyl (C=O) groups is 2. The molecule has 0 spiro atoms. The average molecular weight is 388 g/mol.